The highest BCUT2D eigenvalue weighted by Gasteiger charge is 2.34. The monoisotopic (exact) mass is 292 g/mol. The van der Waals surface area contributed by atoms with E-state index in [1.54, 1.807) is 0 Å². The van der Waals surface area contributed by atoms with Crippen LogP contribution in [0.2, 0.25) is 0 Å². The van der Waals surface area contributed by atoms with E-state index in [2.05, 4.69) is 0 Å². The number of aliphatic hydroxyl groups excluding tert-OH is 1. The van der Waals surface area contributed by atoms with Gasteiger partial charge in [0.15, 0.2) is 0 Å². The standard InChI is InChI=1S/C14H16F4O2/c15-12-8-9(3-5-11(12)14(16,17)18)13(19)6-4-10-2-1-7-20-10/h3,5,8,10,13,19H,1-2,4,6-7H2. The van der Waals surface area contributed by atoms with Gasteiger partial charge in [-0.2, -0.15) is 13.2 Å². The maximum atomic E-state index is 13.4. The lowest BCUT2D eigenvalue weighted by Crippen LogP contribution is -2.11. The molecule has 2 unspecified atom stereocenters. The normalized spacial score (nSPS) is 21.1. The van der Waals surface area contributed by atoms with Crippen LogP contribution in [0.1, 0.15) is 42.9 Å². The fourth-order valence-corrected chi connectivity index (χ4v) is 2.35. The Hall–Kier alpha value is -1.14. The molecule has 1 aliphatic rings. The third-order valence-electron chi connectivity index (χ3n) is 3.47. The van der Waals surface area contributed by atoms with Gasteiger partial charge in [0, 0.05) is 6.61 Å². The van der Waals surface area contributed by atoms with E-state index < -0.39 is 23.7 Å². The van der Waals surface area contributed by atoms with Crippen molar-refractivity contribution in [2.45, 2.75) is 44.1 Å². The number of rotatable bonds is 4. The van der Waals surface area contributed by atoms with Gasteiger partial charge in [0.1, 0.15) is 5.82 Å². The van der Waals surface area contributed by atoms with Crippen LogP contribution in [-0.2, 0) is 10.9 Å². The van der Waals surface area contributed by atoms with Crippen LogP contribution in [0.3, 0.4) is 0 Å². The summed E-state index contributed by atoms with van der Waals surface area (Å²) in [5.41, 5.74) is -1.15. The number of ether oxygens (including phenoxy) is 1. The third-order valence-corrected chi connectivity index (χ3v) is 3.47. The van der Waals surface area contributed by atoms with Gasteiger partial charge in [-0.15, -0.1) is 0 Å². The second kappa shape index (κ2) is 6.10. The van der Waals surface area contributed by atoms with Crippen LogP contribution >= 0.6 is 0 Å². The molecule has 20 heavy (non-hydrogen) atoms. The van der Waals surface area contributed by atoms with Crippen molar-refractivity contribution in [3.05, 3.63) is 35.1 Å². The van der Waals surface area contributed by atoms with Crippen LogP contribution in [0.4, 0.5) is 17.6 Å². The smallest absolute Gasteiger partial charge is 0.388 e. The zero-order chi connectivity index (χ0) is 14.8. The summed E-state index contributed by atoms with van der Waals surface area (Å²) in [5.74, 6) is -1.36. The minimum absolute atomic E-state index is 0.0870. The predicted octanol–water partition coefficient (Wildman–Crippen LogP) is 3.84. The first kappa shape index (κ1) is 15.3. The highest BCUT2D eigenvalue weighted by molar-refractivity contribution is 5.27. The van der Waals surface area contributed by atoms with Crippen molar-refractivity contribution in [3.63, 3.8) is 0 Å². The summed E-state index contributed by atoms with van der Waals surface area (Å²) in [4.78, 5) is 0. The van der Waals surface area contributed by atoms with Crippen LogP contribution in [0, 0.1) is 5.82 Å². The number of aliphatic hydroxyl groups is 1. The molecule has 0 amide bonds. The maximum absolute atomic E-state index is 13.4. The first-order chi connectivity index (χ1) is 9.38. The topological polar surface area (TPSA) is 29.5 Å². The Labute approximate surface area is 114 Å². The van der Waals surface area contributed by atoms with E-state index in [-0.39, 0.29) is 11.7 Å². The van der Waals surface area contributed by atoms with Gasteiger partial charge in [-0.1, -0.05) is 6.07 Å². The Morgan fingerprint density at radius 3 is 2.65 bits per heavy atom. The minimum Gasteiger partial charge on any atom is -0.388 e. The minimum atomic E-state index is -4.72. The summed E-state index contributed by atoms with van der Waals surface area (Å²) in [5, 5.41) is 9.90. The van der Waals surface area contributed by atoms with Crippen molar-refractivity contribution in [1.82, 2.24) is 0 Å². The first-order valence-electron chi connectivity index (χ1n) is 6.54. The highest BCUT2D eigenvalue weighted by atomic mass is 19.4. The third kappa shape index (κ3) is 3.70. The van der Waals surface area contributed by atoms with Gasteiger partial charge in [0.05, 0.1) is 17.8 Å². The number of halogens is 4. The number of benzene rings is 1. The van der Waals surface area contributed by atoms with Crippen molar-refractivity contribution >= 4 is 0 Å². The Bertz CT molecular complexity index is 453. The predicted molar refractivity (Wildman–Crippen MR) is 64.6 cm³/mol. The molecule has 2 atom stereocenters. The molecule has 1 heterocycles. The average Bonchev–Trinajstić information content (AvgIpc) is 2.87. The molecular weight excluding hydrogens is 276 g/mol. The van der Waals surface area contributed by atoms with Gasteiger partial charge in [0.25, 0.3) is 0 Å². The van der Waals surface area contributed by atoms with Gasteiger partial charge >= 0.3 is 6.18 Å². The van der Waals surface area contributed by atoms with Crippen molar-refractivity contribution in [1.29, 1.82) is 0 Å². The van der Waals surface area contributed by atoms with E-state index >= 15 is 0 Å². The Kier molecular flexibility index (Phi) is 4.65. The second-order valence-electron chi connectivity index (χ2n) is 4.97. The quantitative estimate of drug-likeness (QED) is 0.854. The molecule has 0 aromatic heterocycles. The molecule has 2 rings (SSSR count). The van der Waals surface area contributed by atoms with Crippen LogP contribution in [0.5, 0.6) is 0 Å². The SMILES string of the molecule is OC(CCC1CCCO1)c1ccc(C(F)(F)F)c(F)c1. The second-order valence-corrected chi connectivity index (χ2v) is 4.97. The Morgan fingerprint density at radius 1 is 1.35 bits per heavy atom. The summed E-state index contributed by atoms with van der Waals surface area (Å²) in [6.07, 6.45) is -2.74. The molecule has 0 radical (unpaired) electrons. The van der Waals surface area contributed by atoms with Crippen LogP contribution < -0.4 is 0 Å². The summed E-state index contributed by atoms with van der Waals surface area (Å²) in [6.45, 7) is 0.704. The molecule has 1 aromatic carbocycles. The molecule has 0 spiro atoms. The molecule has 1 saturated heterocycles. The number of hydrogen-bond donors (Lipinski definition) is 1. The Morgan fingerprint density at radius 2 is 2.10 bits per heavy atom. The highest BCUT2D eigenvalue weighted by Crippen LogP contribution is 2.33. The van der Waals surface area contributed by atoms with Gasteiger partial charge < -0.3 is 9.84 Å². The molecule has 2 nitrogen and oxygen atoms in total. The van der Waals surface area contributed by atoms with Crippen molar-refractivity contribution in [2.24, 2.45) is 0 Å². The van der Waals surface area contributed by atoms with Crippen LogP contribution in [-0.4, -0.2) is 17.8 Å². The van der Waals surface area contributed by atoms with Crippen molar-refractivity contribution in [3.8, 4) is 0 Å². The lowest BCUT2D eigenvalue weighted by Gasteiger charge is -2.15. The van der Waals surface area contributed by atoms with E-state index in [0.29, 0.717) is 25.5 Å². The molecule has 0 bridgehead atoms. The van der Waals surface area contributed by atoms with Gasteiger partial charge in [0.2, 0.25) is 0 Å². The molecule has 0 saturated carbocycles. The van der Waals surface area contributed by atoms with Crippen LogP contribution in [0.25, 0.3) is 0 Å². The van der Waals surface area contributed by atoms with Gasteiger partial charge in [-0.05, 0) is 43.4 Å². The zero-order valence-electron chi connectivity index (χ0n) is 10.8. The Balaban J connectivity index is 1.99. The summed E-state index contributed by atoms with van der Waals surface area (Å²) in [6, 6.07) is 2.54. The largest absolute Gasteiger partial charge is 0.419 e. The fraction of sp³-hybridized carbons (Fsp3) is 0.571. The summed E-state index contributed by atoms with van der Waals surface area (Å²) < 4.78 is 56.0. The zero-order valence-corrected chi connectivity index (χ0v) is 10.8. The van der Waals surface area contributed by atoms with Gasteiger partial charge in [-0.25, -0.2) is 4.39 Å². The van der Waals surface area contributed by atoms with E-state index in [0.717, 1.165) is 25.0 Å². The fourth-order valence-electron chi connectivity index (χ4n) is 2.35. The molecule has 6 heteroatoms. The summed E-state index contributed by atoms with van der Waals surface area (Å²) in [7, 11) is 0. The number of hydrogen-bond acceptors (Lipinski definition) is 2. The molecule has 1 N–H and O–H groups in total. The van der Waals surface area contributed by atoms with E-state index in [4.69, 9.17) is 4.74 Å². The molecule has 1 fully saturated rings. The van der Waals surface area contributed by atoms with E-state index in [1.807, 2.05) is 0 Å². The first-order valence-corrected chi connectivity index (χ1v) is 6.54. The maximum Gasteiger partial charge on any atom is 0.419 e. The lowest BCUT2D eigenvalue weighted by molar-refractivity contribution is -0.140. The molecular formula is C14H16F4O2. The lowest BCUT2D eigenvalue weighted by atomic mass is 10.00. The average molecular weight is 292 g/mol. The molecule has 1 aliphatic heterocycles. The molecule has 112 valence electrons. The molecule has 1 aromatic rings. The summed E-state index contributed by atoms with van der Waals surface area (Å²) >= 11 is 0. The number of alkyl halides is 3. The van der Waals surface area contributed by atoms with E-state index in [9.17, 15) is 22.7 Å². The van der Waals surface area contributed by atoms with Crippen molar-refractivity contribution < 1.29 is 27.4 Å². The van der Waals surface area contributed by atoms with Crippen LogP contribution in [0.15, 0.2) is 18.2 Å². The molecule has 0 aliphatic carbocycles. The van der Waals surface area contributed by atoms with E-state index in [1.165, 1.54) is 0 Å². The van der Waals surface area contributed by atoms with Gasteiger partial charge in [-0.3, -0.25) is 0 Å². The van der Waals surface area contributed by atoms with Crippen molar-refractivity contribution in [2.75, 3.05) is 6.61 Å².